The quantitative estimate of drug-likeness (QED) is 0.588. The fourth-order valence-electron chi connectivity index (χ4n) is 1.66. The minimum Gasteiger partial charge on any atom is -0.292 e. The van der Waals surface area contributed by atoms with Gasteiger partial charge < -0.3 is 0 Å². The molecular weight excluding hydrogens is 289 g/mol. The maximum atomic E-state index is 13.2. The van der Waals surface area contributed by atoms with Crippen molar-refractivity contribution in [3.63, 3.8) is 0 Å². The van der Waals surface area contributed by atoms with Crippen LogP contribution in [0, 0.1) is 17.7 Å². The summed E-state index contributed by atoms with van der Waals surface area (Å²) >= 11 is 3.15. The smallest absolute Gasteiger partial charge is 0.292 e. The van der Waals surface area contributed by atoms with E-state index in [9.17, 15) is 14.0 Å². The minimum atomic E-state index is -0.696. The molecule has 0 aliphatic carbocycles. The van der Waals surface area contributed by atoms with E-state index >= 15 is 0 Å². The summed E-state index contributed by atoms with van der Waals surface area (Å²) in [4.78, 5) is 24.6. The first-order chi connectivity index (χ1) is 8.06. The molecule has 1 aliphatic rings. The SMILES string of the molecule is CC#CCN1C(=O)C(=O)c2cc(F)cc(Br)c21. The molecule has 86 valence electrons. The van der Waals surface area contributed by atoms with E-state index in [1.807, 2.05) is 0 Å². The number of amides is 1. The number of ketones is 1. The summed E-state index contributed by atoms with van der Waals surface area (Å²) in [7, 11) is 0. The second-order valence-corrected chi connectivity index (χ2v) is 4.29. The summed E-state index contributed by atoms with van der Waals surface area (Å²) in [6, 6.07) is 2.29. The number of fused-ring (bicyclic) bond motifs is 1. The number of hydrogen-bond donors (Lipinski definition) is 0. The Hall–Kier alpha value is -1.67. The average Bonchev–Trinajstić information content (AvgIpc) is 2.51. The van der Waals surface area contributed by atoms with E-state index in [0.717, 1.165) is 6.07 Å². The third-order valence-corrected chi connectivity index (χ3v) is 3.00. The highest BCUT2D eigenvalue weighted by Gasteiger charge is 2.37. The number of halogens is 2. The highest BCUT2D eigenvalue weighted by atomic mass is 79.9. The number of hydrogen-bond acceptors (Lipinski definition) is 2. The van der Waals surface area contributed by atoms with Gasteiger partial charge in [0.1, 0.15) is 5.82 Å². The van der Waals surface area contributed by atoms with Crippen LogP contribution in [0.1, 0.15) is 17.3 Å². The number of Topliss-reactive ketones (excluding diaryl/α,β-unsaturated/α-hetero) is 1. The first-order valence-corrected chi connectivity index (χ1v) is 5.60. The second-order valence-electron chi connectivity index (χ2n) is 3.43. The molecule has 1 aromatic carbocycles. The predicted octanol–water partition coefficient (Wildman–Crippen LogP) is 2.14. The number of carbonyl (C=O) groups excluding carboxylic acids is 2. The van der Waals surface area contributed by atoms with Crippen LogP contribution in [0.2, 0.25) is 0 Å². The maximum absolute atomic E-state index is 13.2. The van der Waals surface area contributed by atoms with Crippen LogP contribution in [0.5, 0.6) is 0 Å². The Bertz CT molecular complexity index is 586. The van der Waals surface area contributed by atoms with E-state index in [-0.39, 0.29) is 12.1 Å². The lowest BCUT2D eigenvalue weighted by atomic mass is 10.1. The van der Waals surface area contributed by atoms with E-state index < -0.39 is 17.5 Å². The number of rotatable bonds is 1. The first kappa shape index (κ1) is 11.8. The monoisotopic (exact) mass is 295 g/mol. The predicted molar refractivity (Wildman–Crippen MR) is 64.2 cm³/mol. The largest absolute Gasteiger partial charge is 0.300 e. The topological polar surface area (TPSA) is 37.4 Å². The van der Waals surface area contributed by atoms with E-state index in [0.29, 0.717) is 10.2 Å². The summed E-state index contributed by atoms with van der Waals surface area (Å²) < 4.78 is 13.5. The Kier molecular flexibility index (Phi) is 2.99. The molecule has 0 aromatic heterocycles. The van der Waals surface area contributed by atoms with Gasteiger partial charge in [0.05, 0.1) is 17.8 Å². The molecule has 0 saturated heterocycles. The molecule has 1 aliphatic heterocycles. The maximum Gasteiger partial charge on any atom is 0.300 e. The van der Waals surface area contributed by atoms with Crippen molar-refractivity contribution in [1.82, 2.24) is 0 Å². The Balaban J connectivity index is 2.58. The molecule has 0 bridgehead atoms. The fraction of sp³-hybridized carbons (Fsp3) is 0.167. The van der Waals surface area contributed by atoms with E-state index in [2.05, 4.69) is 27.8 Å². The van der Waals surface area contributed by atoms with Gasteiger partial charge in [-0.2, -0.15) is 0 Å². The van der Waals surface area contributed by atoms with Gasteiger partial charge in [-0.05, 0) is 35.0 Å². The lowest BCUT2D eigenvalue weighted by Gasteiger charge is -2.14. The van der Waals surface area contributed by atoms with Crippen LogP contribution in [-0.2, 0) is 4.79 Å². The van der Waals surface area contributed by atoms with Gasteiger partial charge in [-0.15, -0.1) is 5.92 Å². The van der Waals surface area contributed by atoms with Gasteiger partial charge in [0.15, 0.2) is 0 Å². The van der Waals surface area contributed by atoms with Crippen LogP contribution in [-0.4, -0.2) is 18.2 Å². The van der Waals surface area contributed by atoms with E-state index in [1.54, 1.807) is 6.92 Å². The molecule has 2 rings (SSSR count). The summed E-state index contributed by atoms with van der Waals surface area (Å²) in [6.45, 7) is 1.77. The van der Waals surface area contributed by atoms with Crippen LogP contribution in [0.25, 0.3) is 0 Å². The molecule has 1 amide bonds. The van der Waals surface area contributed by atoms with Gasteiger partial charge >= 0.3 is 0 Å². The van der Waals surface area contributed by atoms with Gasteiger partial charge in [-0.1, -0.05) is 5.92 Å². The van der Waals surface area contributed by atoms with Crippen LogP contribution >= 0.6 is 15.9 Å². The van der Waals surface area contributed by atoms with Crippen LogP contribution < -0.4 is 4.90 Å². The molecular formula is C12H7BrFNO2. The molecule has 0 radical (unpaired) electrons. The molecule has 0 N–H and O–H groups in total. The molecule has 17 heavy (non-hydrogen) atoms. The van der Waals surface area contributed by atoms with Gasteiger partial charge in [-0.25, -0.2) is 4.39 Å². The summed E-state index contributed by atoms with van der Waals surface area (Å²) in [5, 5.41) is 0. The lowest BCUT2D eigenvalue weighted by Crippen LogP contribution is -2.30. The van der Waals surface area contributed by atoms with Crippen molar-refractivity contribution < 1.29 is 14.0 Å². The van der Waals surface area contributed by atoms with E-state index in [1.165, 1.54) is 11.0 Å². The zero-order chi connectivity index (χ0) is 12.6. The number of carbonyl (C=O) groups is 2. The number of benzene rings is 1. The molecule has 0 unspecified atom stereocenters. The Morgan fingerprint density at radius 1 is 1.41 bits per heavy atom. The molecule has 1 heterocycles. The first-order valence-electron chi connectivity index (χ1n) is 4.81. The number of anilines is 1. The van der Waals surface area contributed by atoms with Crippen LogP contribution in [0.4, 0.5) is 10.1 Å². The molecule has 5 heteroatoms. The highest BCUT2D eigenvalue weighted by Crippen LogP contribution is 2.36. The third-order valence-electron chi connectivity index (χ3n) is 2.40. The van der Waals surface area contributed by atoms with Crippen molar-refractivity contribution in [2.45, 2.75) is 6.92 Å². The highest BCUT2D eigenvalue weighted by molar-refractivity contribution is 9.10. The summed E-state index contributed by atoms with van der Waals surface area (Å²) in [6.07, 6.45) is 0. The molecule has 3 nitrogen and oxygen atoms in total. The zero-order valence-corrected chi connectivity index (χ0v) is 10.5. The normalized spacial score (nSPS) is 13.5. The molecule has 0 spiro atoms. The third kappa shape index (κ3) is 1.85. The molecule has 0 atom stereocenters. The minimum absolute atomic E-state index is 0.0831. The summed E-state index contributed by atoms with van der Waals surface area (Å²) in [5.74, 6) is 3.44. The van der Waals surface area contributed by atoms with Gasteiger partial charge in [-0.3, -0.25) is 14.5 Å². The Morgan fingerprint density at radius 3 is 2.76 bits per heavy atom. The molecule has 1 aromatic rings. The molecule has 0 saturated carbocycles. The zero-order valence-electron chi connectivity index (χ0n) is 8.88. The van der Waals surface area contributed by atoms with Crippen LogP contribution in [0.15, 0.2) is 16.6 Å². The number of nitrogens with zero attached hydrogens (tertiary/aromatic N) is 1. The van der Waals surface area contributed by atoms with Gasteiger partial charge in [0, 0.05) is 4.47 Å². The second kappa shape index (κ2) is 4.30. The van der Waals surface area contributed by atoms with Crippen molar-refractivity contribution in [3.05, 3.63) is 28.0 Å². The van der Waals surface area contributed by atoms with Gasteiger partial charge in [0.25, 0.3) is 11.7 Å². The van der Waals surface area contributed by atoms with Gasteiger partial charge in [0.2, 0.25) is 0 Å². The Morgan fingerprint density at radius 2 is 2.12 bits per heavy atom. The summed E-state index contributed by atoms with van der Waals surface area (Å²) in [5.41, 5.74) is 0.476. The molecule has 0 fully saturated rings. The fourth-order valence-corrected chi connectivity index (χ4v) is 2.31. The van der Waals surface area contributed by atoms with Crippen LogP contribution in [0.3, 0.4) is 0 Å². The lowest BCUT2D eigenvalue weighted by molar-refractivity contribution is -0.114. The van der Waals surface area contributed by atoms with E-state index in [4.69, 9.17) is 0 Å². The van der Waals surface area contributed by atoms with Crippen molar-refractivity contribution >= 4 is 33.3 Å². The van der Waals surface area contributed by atoms with Crippen molar-refractivity contribution in [1.29, 1.82) is 0 Å². The van der Waals surface area contributed by atoms with Crippen molar-refractivity contribution in [3.8, 4) is 11.8 Å². The Labute approximate surface area is 106 Å². The average molecular weight is 296 g/mol. The standard InChI is InChI=1S/C12H7BrFNO2/c1-2-3-4-15-10-8(11(16)12(15)17)5-7(14)6-9(10)13/h5-6H,4H2,1H3. The van der Waals surface area contributed by atoms with Crippen molar-refractivity contribution in [2.24, 2.45) is 0 Å². The van der Waals surface area contributed by atoms with Crippen molar-refractivity contribution in [2.75, 3.05) is 11.4 Å².